The molecule has 0 bridgehead atoms. The van der Waals surface area contributed by atoms with Crippen molar-refractivity contribution in [1.29, 1.82) is 5.26 Å². The van der Waals surface area contributed by atoms with Gasteiger partial charge in [-0.25, -0.2) is 13.1 Å². The number of benzene rings is 1. The van der Waals surface area contributed by atoms with Gasteiger partial charge in [0.25, 0.3) is 0 Å². The van der Waals surface area contributed by atoms with Crippen LogP contribution in [0.3, 0.4) is 0 Å². The standard InChI is InChI=1S/C13H11ClN2O2S2/c1-9-7-19-8-11(9)6-16-20(17,18)12-3-2-10(5-15)13(14)4-12/h2-4,7-8,16H,6H2,1H3. The largest absolute Gasteiger partial charge is 0.240 e. The van der Waals surface area contributed by atoms with Crippen molar-refractivity contribution in [3.05, 3.63) is 50.7 Å². The van der Waals surface area contributed by atoms with Crippen LogP contribution in [0.4, 0.5) is 0 Å². The van der Waals surface area contributed by atoms with Crippen LogP contribution in [0.1, 0.15) is 16.7 Å². The van der Waals surface area contributed by atoms with Gasteiger partial charge in [0.15, 0.2) is 0 Å². The molecule has 4 nitrogen and oxygen atoms in total. The van der Waals surface area contributed by atoms with Crippen LogP contribution < -0.4 is 4.72 Å². The van der Waals surface area contributed by atoms with E-state index in [-0.39, 0.29) is 22.0 Å². The van der Waals surface area contributed by atoms with Gasteiger partial charge in [-0.15, -0.1) is 0 Å². The van der Waals surface area contributed by atoms with Crippen molar-refractivity contribution in [2.24, 2.45) is 0 Å². The number of nitriles is 1. The third kappa shape index (κ3) is 3.19. The van der Waals surface area contributed by atoms with E-state index in [1.54, 1.807) is 0 Å². The first-order valence-electron chi connectivity index (χ1n) is 5.65. The molecule has 0 spiro atoms. The van der Waals surface area contributed by atoms with E-state index < -0.39 is 10.0 Å². The summed E-state index contributed by atoms with van der Waals surface area (Å²) >= 11 is 7.38. The zero-order chi connectivity index (χ0) is 14.8. The summed E-state index contributed by atoms with van der Waals surface area (Å²) in [4.78, 5) is 0.0504. The number of nitrogens with one attached hydrogen (secondary N) is 1. The van der Waals surface area contributed by atoms with Crippen LogP contribution in [0, 0.1) is 18.3 Å². The summed E-state index contributed by atoms with van der Waals surface area (Å²) in [6.07, 6.45) is 0. The van der Waals surface area contributed by atoms with E-state index in [9.17, 15) is 8.42 Å². The molecule has 0 aliphatic carbocycles. The predicted octanol–water partition coefficient (Wildman–Crippen LogP) is 3.06. The summed E-state index contributed by atoms with van der Waals surface area (Å²) in [5.74, 6) is 0. The molecule has 0 saturated carbocycles. The third-order valence-corrected chi connectivity index (χ3v) is 5.41. The summed E-state index contributed by atoms with van der Waals surface area (Å²) in [5, 5.41) is 12.8. The summed E-state index contributed by atoms with van der Waals surface area (Å²) in [6, 6.07) is 5.93. The molecule has 7 heteroatoms. The molecule has 0 radical (unpaired) electrons. The Hall–Kier alpha value is -1.39. The fraction of sp³-hybridized carbons (Fsp3) is 0.154. The van der Waals surface area contributed by atoms with Crippen LogP contribution in [0.25, 0.3) is 0 Å². The number of hydrogen-bond donors (Lipinski definition) is 1. The zero-order valence-electron chi connectivity index (χ0n) is 10.6. The predicted molar refractivity (Wildman–Crippen MR) is 79.2 cm³/mol. The first kappa shape index (κ1) is 15.0. The summed E-state index contributed by atoms with van der Waals surface area (Å²) in [5.41, 5.74) is 2.24. The Morgan fingerprint density at radius 1 is 1.40 bits per heavy atom. The zero-order valence-corrected chi connectivity index (χ0v) is 12.9. The molecular weight excluding hydrogens is 316 g/mol. The summed E-state index contributed by atoms with van der Waals surface area (Å²) in [7, 11) is -3.64. The van der Waals surface area contributed by atoms with Crippen LogP contribution in [0.15, 0.2) is 33.9 Å². The van der Waals surface area contributed by atoms with Crippen molar-refractivity contribution < 1.29 is 8.42 Å². The molecule has 0 aliphatic rings. The Balaban J connectivity index is 2.21. The second kappa shape index (κ2) is 5.94. The summed E-state index contributed by atoms with van der Waals surface area (Å²) in [6.45, 7) is 2.16. The van der Waals surface area contributed by atoms with Crippen LogP contribution in [-0.4, -0.2) is 8.42 Å². The van der Waals surface area contributed by atoms with E-state index in [2.05, 4.69) is 4.72 Å². The SMILES string of the molecule is Cc1cscc1CNS(=O)(=O)c1ccc(C#N)c(Cl)c1. The maximum atomic E-state index is 12.1. The number of halogens is 1. The Morgan fingerprint density at radius 2 is 2.15 bits per heavy atom. The van der Waals surface area contributed by atoms with Crippen molar-refractivity contribution in [2.75, 3.05) is 0 Å². The fourth-order valence-corrected chi connectivity index (χ4v) is 3.75. The van der Waals surface area contributed by atoms with Gasteiger partial charge in [0.05, 0.1) is 15.5 Å². The molecule has 0 saturated heterocycles. The van der Waals surface area contributed by atoms with E-state index in [1.165, 1.54) is 29.5 Å². The van der Waals surface area contributed by atoms with Crippen molar-refractivity contribution in [3.63, 3.8) is 0 Å². The summed E-state index contributed by atoms with van der Waals surface area (Å²) < 4.78 is 26.8. The Morgan fingerprint density at radius 3 is 2.70 bits per heavy atom. The first-order valence-corrected chi connectivity index (χ1v) is 8.45. The van der Waals surface area contributed by atoms with Gasteiger partial charge in [0.1, 0.15) is 6.07 Å². The van der Waals surface area contributed by atoms with Gasteiger partial charge in [-0.05, 0) is 47.0 Å². The number of sulfonamides is 1. The van der Waals surface area contributed by atoms with Crippen molar-refractivity contribution in [2.45, 2.75) is 18.4 Å². The minimum Gasteiger partial charge on any atom is -0.207 e. The van der Waals surface area contributed by atoms with Crippen LogP contribution in [0.5, 0.6) is 0 Å². The average Bonchev–Trinajstić information content (AvgIpc) is 2.82. The topological polar surface area (TPSA) is 70.0 Å². The van der Waals surface area contributed by atoms with E-state index >= 15 is 0 Å². The van der Waals surface area contributed by atoms with Gasteiger partial charge in [0.2, 0.25) is 10.0 Å². The molecule has 1 aromatic heterocycles. The maximum absolute atomic E-state index is 12.1. The molecule has 2 aromatic rings. The number of nitrogens with zero attached hydrogens (tertiary/aromatic N) is 1. The third-order valence-electron chi connectivity index (χ3n) is 2.79. The van der Waals surface area contributed by atoms with Crippen LogP contribution >= 0.6 is 22.9 Å². The first-order chi connectivity index (χ1) is 9.44. The second-order valence-electron chi connectivity index (χ2n) is 4.16. The molecule has 0 aliphatic heterocycles. The number of rotatable bonds is 4. The Kier molecular flexibility index (Phi) is 4.45. The van der Waals surface area contributed by atoms with Gasteiger partial charge < -0.3 is 0 Å². The molecule has 1 aromatic carbocycles. The van der Waals surface area contributed by atoms with Crippen LogP contribution in [-0.2, 0) is 16.6 Å². The quantitative estimate of drug-likeness (QED) is 0.938. The van der Waals surface area contributed by atoms with Crippen molar-refractivity contribution in [1.82, 2.24) is 4.72 Å². The number of thiophene rings is 1. The molecule has 1 heterocycles. The van der Waals surface area contributed by atoms with Gasteiger partial charge in [0, 0.05) is 6.54 Å². The number of aryl methyl sites for hydroxylation is 1. The molecule has 0 amide bonds. The van der Waals surface area contributed by atoms with Gasteiger partial charge >= 0.3 is 0 Å². The highest BCUT2D eigenvalue weighted by atomic mass is 35.5. The lowest BCUT2D eigenvalue weighted by Crippen LogP contribution is -2.23. The van der Waals surface area contributed by atoms with Crippen LogP contribution in [0.2, 0.25) is 5.02 Å². The minimum absolute atomic E-state index is 0.0504. The highest BCUT2D eigenvalue weighted by Gasteiger charge is 2.16. The van der Waals surface area contributed by atoms with Gasteiger partial charge in [-0.1, -0.05) is 11.6 Å². The Labute approximate surface area is 126 Å². The van der Waals surface area contributed by atoms with E-state index in [0.717, 1.165) is 11.1 Å². The lowest BCUT2D eigenvalue weighted by molar-refractivity contribution is 0.581. The van der Waals surface area contributed by atoms with E-state index in [0.29, 0.717) is 0 Å². The molecule has 1 N–H and O–H groups in total. The molecular formula is C13H11ClN2O2S2. The Bertz CT molecular complexity index is 776. The van der Waals surface area contributed by atoms with E-state index in [1.807, 2.05) is 23.8 Å². The molecule has 0 fully saturated rings. The molecule has 20 heavy (non-hydrogen) atoms. The highest BCUT2D eigenvalue weighted by molar-refractivity contribution is 7.89. The molecule has 0 unspecified atom stereocenters. The van der Waals surface area contributed by atoms with Crippen molar-refractivity contribution >= 4 is 33.0 Å². The van der Waals surface area contributed by atoms with Gasteiger partial charge in [-0.3, -0.25) is 0 Å². The minimum atomic E-state index is -3.64. The maximum Gasteiger partial charge on any atom is 0.240 e. The van der Waals surface area contributed by atoms with Crippen molar-refractivity contribution in [3.8, 4) is 6.07 Å². The smallest absolute Gasteiger partial charge is 0.207 e. The molecule has 0 atom stereocenters. The highest BCUT2D eigenvalue weighted by Crippen LogP contribution is 2.21. The normalized spacial score (nSPS) is 11.2. The lowest BCUT2D eigenvalue weighted by atomic mass is 10.2. The lowest BCUT2D eigenvalue weighted by Gasteiger charge is -2.07. The average molecular weight is 327 g/mol. The molecule has 2 rings (SSSR count). The fourth-order valence-electron chi connectivity index (χ4n) is 1.58. The molecule has 104 valence electrons. The second-order valence-corrected chi connectivity index (χ2v) is 7.08. The monoisotopic (exact) mass is 326 g/mol. The van der Waals surface area contributed by atoms with Gasteiger partial charge in [-0.2, -0.15) is 16.6 Å². The number of hydrogen-bond acceptors (Lipinski definition) is 4. The van der Waals surface area contributed by atoms with E-state index in [4.69, 9.17) is 16.9 Å².